The molecule has 0 fully saturated rings. The lowest BCUT2D eigenvalue weighted by Crippen LogP contribution is -2.07. The number of rotatable bonds is 3. The number of hydrogen-bond acceptors (Lipinski definition) is 9. The number of aryl methyl sites for hydroxylation is 3. The maximum absolute atomic E-state index is 11.4. The van der Waals surface area contributed by atoms with Crippen molar-refractivity contribution in [2.45, 2.75) is 34.6 Å². The smallest absolute Gasteiger partial charge is 0.341 e. The first kappa shape index (κ1) is 23.1. The summed E-state index contributed by atoms with van der Waals surface area (Å²) in [6, 6.07) is 0. The Morgan fingerprint density at radius 2 is 1.81 bits per heavy atom. The van der Waals surface area contributed by atoms with Gasteiger partial charge in [0.05, 0.1) is 23.8 Å². The van der Waals surface area contributed by atoms with Crippen molar-refractivity contribution in [3.8, 4) is 11.5 Å². The summed E-state index contributed by atoms with van der Waals surface area (Å²) in [4.78, 5) is 31.6. The molecule has 0 saturated heterocycles. The maximum Gasteiger partial charge on any atom is 0.341 e. The average Bonchev–Trinajstić information content (AvgIpc) is 3.17. The monoisotopic (exact) mass is 475 g/mol. The molecule has 0 unspecified atom stereocenters. The van der Waals surface area contributed by atoms with Crippen LogP contribution in [0.2, 0.25) is 5.15 Å². The molecule has 0 bridgehead atoms. The molecule has 0 aromatic carbocycles. The average molecular weight is 476 g/mol. The van der Waals surface area contributed by atoms with Crippen molar-refractivity contribution in [1.82, 2.24) is 19.9 Å². The SMILES string of the molecule is CCOC(=O)c1c(N)sc(C)c1C.Cc1sc2nc(-c3cnccn3)nc(Cl)c2c1C. The third-order valence-electron chi connectivity index (χ3n) is 4.67. The molecule has 4 aromatic heterocycles. The van der Waals surface area contributed by atoms with Crippen molar-refractivity contribution in [3.05, 3.63) is 50.2 Å². The molecule has 0 aliphatic rings. The van der Waals surface area contributed by atoms with Gasteiger partial charge in [-0.15, -0.1) is 22.7 Å². The lowest BCUT2D eigenvalue weighted by atomic mass is 10.2. The molecule has 0 amide bonds. The fraction of sp³-hybridized carbons (Fsp3) is 0.286. The summed E-state index contributed by atoms with van der Waals surface area (Å²) in [6.45, 7) is 10.1. The molecule has 0 atom stereocenters. The van der Waals surface area contributed by atoms with Crippen molar-refractivity contribution < 1.29 is 9.53 Å². The molecular formula is C21H22ClN5O2S2. The fourth-order valence-electron chi connectivity index (χ4n) is 2.84. The third kappa shape index (κ3) is 4.84. The van der Waals surface area contributed by atoms with E-state index in [2.05, 4.69) is 26.9 Å². The molecule has 10 heteroatoms. The highest BCUT2D eigenvalue weighted by atomic mass is 35.5. The second kappa shape index (κ2) is 9.67. The summed E-state index contributed by atoms with van der Waals surface area (Å²) < 4.78 is 4.89. The summed E-state index contributed by atoms with van der Waals surface area (Å²) in [5.41, 5.74) is 8.93. The molecule has 0 aliphatic carbocycles. The molecule has 31 heavy (non-hydrogen) atoms. The van der Waals surface area contributed by atoms with Crippen molar-refractivity contribution in [3.63, 3.8) is 0 Å². The number of ether oxygens (including phenoxy) is 1. The number of nitrogen functional groups attached to an aromatic ring is 1. The Labute approximate surface area is 193 Å². The van der Waals surface area contributed by atoms with Crippen molar-refractivity contribution in [2.75, 3.05) is 12.3 Å². The van der Waals surface area contributed by atoms with E-state index in [1.807, 2.05) is 20.8 Å². The number of nitrogens with zero attached hydrogens (tertiary/aromatic N) is 4. The van der Waals surface area contributed by atoms with Gasteiger partial charge < -0.3 is 10.5 Å². The summed E-state index contributed by atoms with van der Waals surface area (Å²) in [5.74, 6) is 0.198. The lowest BCUT2D eigenvalue weighted by Gasteiger charge is -2.01. The first-order valence-electron chi connectivity index (χ1n) is 9.46. The summed E-state index contributed by atoms with van der Waals surface area (Å²) in [7, 11) is 0. The topological polar surface area (TPSA) is 104 Å². The first-order valence-corrected chi connectivity index (χ1v) is 11.5. The minimum absolute atomic E-state index is 0.318. The highest BCUT2D eigenvalue weighted by Crippen LogP contribution is 2.34. The Balaban J connectivity index is 0.000000187. The number of aromatic nitrogens is 4. The first-order chi connectivity index (χ1) is 14.7. The number of anilines is 1. The summed E-state index contributed by atoms with van der Waals surface area (Å²) in [6.07, 6.45) is 4.86. The van der Waals surface area contributed by atoms with Crippen LogP contribution < -0.4 is 5.73 Å². The highest BCUT2D eigenvalue weighted by molar-refractivity contribution is 7.18. The van der Waals surface area contributed by atoms with Gasteiger partial charge in [0.1, 0.15) is 20.7 Å². The molecule has 4 aromatic rings. The maximum atomic E-state index is 11.4. The third-order valence-corrected chi connectivity index (χ3v) is 7.08. The van der Waals surface area contributed by atoms with E-state index in [1.54, 1.807) is 36.9 Å². The second-order valence-electron chi connectivity index (χ2n) is 6.64. The van der Waals surface area contributed by atoms with Crippen LogP contribution in [0.25, 0.3) is 21.7 Å². The largest absolute Gasteiger partial charge is 0.462 e. The summed E-state index contributed by atoms with van der Waals surface area (Å²) in [5, 5.41) is 1.96. The molecule has 0 aliphatic heterocycles. The van der Waals surface area contributed by atoms with Crippen LogP contribution in [0.15, 0.2) is 18.6 Å². The van der Waals surface area contributed by atoms with E-state index in [0.29, 0.717) is 33.8 Å². The van der Waals surface area contributed by atoms with Gasteiger partial charge in [-0.2, -0.15) is 0 Å². The van der Waals surface area contributed by atoms with Crippen molar-refractivity contribution in [1.29, 1.82) is 0 Å². The summed E-state index contributed by atoms with van der Waals surface area (Å²) >= 11 is 9.28. The minimum atomic E-state index is -0.318. The quantitative estimate of drug-likeness (QED) is 0.306. The normalized spacial score (nSPS) is 10.6. The zero-order valence-electron chi connectivity index (χ0n) is 17.8. The lowest BCUT2D eigenvalue weighted by molar-refractivity contribution is 0.0527. The minimum Gasteiger partial charge on any atom is -0.462 e. The van der Waals surface area contributed by atoms with Crippen molar-refractivity contribution in [2.24, 2.45) is 0 Å². The Hall–Kier alpha value is -2.62. The Bertz CT molecular complexity index is 1240. The van der Waals surface area contributed by atoms with Gasteiger partial charge in [-0.1, -0.05) is 11.6 Å². The van der Waals surface area contributed by atoms with Crippen LogP contribution in [-0.4, -0.2) is 32.5 Å². The molecule has 0 radical (unpaired) electrons. The van der Waals surface area contributed by atoms with Gasteiger partial charge in [0.25, 0.3) is 0 Å². The number of halogens is 1. The van der Waals surface area contributed by atoms with Crippen molar-refractivity contribution >= 4 is 55.5 Å². The molecule has 2 N–H and O–H groups in total. The number of hydrogen-bond donors (Lipinski definition) is 1. The van der Waals surface area contributed by atoms with E-state index >= 15 is 0 Å². The number of nitrogens with two attached hydrogens (primary N) is 1. The van der Waals surface area contributed by atoms with E-state index in [0.717, 1.165) is 26.2 Å². The fourth-order valence-corrected chi connectivity index (χ4v) is 5.16. The molecule has 4 heterocycles. The van der Waals surface area contributed by atoms with Crippen LogP contribution >= 0.6 is 34.3 Å². The Morgan fingerprint density at radius 1 is 1.10 bits per heavy atom. The van der Waals surface area contributed by atoms with Gasteiger partial charge >= 0.3 is 5.97 Å². The number of carbonyl (C=O) groups is 1. The predicted molar refractivity (Wildman–Crippen MR) is 127 cm³/mol. The van der Waals surface area contributed by atoms with Gasteiger partial charge in [-0.05, 0) is 45.7 Å². The number of carbonyl (C=O) groups excluding carboxylic acids is 1. The van der Waals surface area contributed by atoms with Crippen LogP contribution in [0.3, 0.4) is 0 Å². The molecule has 4 rings (SSSR count). The van der Waals surface area contributed by atoms with Crippen LogP contribution in [0, 0.1) is 27.7 Å². The van der Waals surface area contributed by atoms with Gasteiger partial charge in [0.15, 0.2) is 5.82 Å². The van der Waals surface area contributed by atoms with Crippen LogP contribution in [0.4, 0.5) is 5.00 Å². The van der Waals surface area contributed by atoms with Gasteiger partial charge in [0.2, 0.25) is 0 Å². The number of esters is 1. The predicted octanol–water partition coefficient (Wildman–Crippen LogP) is 5.54. The molecule has 0 saturated carbocycles. The van der Waals surface area contributed by atoms with Gasteiger partial charge in [-0.25, -0.2) is 19.7 Å². The molecule has 162 valence electrons. The molecule has 0 spiro atoms. The second-order valence-corrected chi connectivity index (χ2v) is 9.45. The Kier molecular flexibility index (Phi) is 7.19. The van der Waals surface area contributed by atoms with Gasteiger partial charge in [-0.3, -0.25) is 4.98 Å². The van der Waals surface area contributed by atoms with Crippen LogP contribution in [0.5, 0.6) is 0 Å². The number of fused-ring (bicyclic) bond motifs is 1. The van der Waals surface area contributed by atoms with E-state index in [-0.39, 0.29) is 5.97 Å². The van der Waals surface area contributed by atoms with Crippen LogP contribution in [0.1, 0.15) is 38.2 Å². The zero-order chi connectivity index (χ0) is 22.7. The van der Waals surface area contributed by atoms with Crippen LogP contribution in [-0.2, 0) is 4.74 Å². The zero-order valence-corrected chi connectivity index (χ0v) is 20.2. The standard InChI is InChI=1S/C12H9ClN4S.C9H13NO2S/c1-6-7(2)18-12-9(6)10(13)16-11(17-12)8-5-14-3-4-15-8;1-4-12-9(11)7-5(2)6(3)13-8(7)10/h3-5H,1-2H3;4,10H2,1-3H3. The molecule has 7 nitrogen and oxygen atoms in total. The van der Waals surface area contributed by atoms with Gasteiger partial charge in [0, 0.05) is 22.1 Å². The van der Waals surface area contributed by atoms with E-state index in [1.165, 1.54) is 16.2 Å². The number of thiophene rings is 2. The Morgan fingerprint density at radius 3 is 2.39 bits per heavy atom. The molecular weight excluding hydrogens is 454 g/mol. The van der Waals surface area contributed by atoms with E-state index in [4.69, 9.17) is 22.1 Å². The highest BCUT2D eigenvalue weighted by Gasteiger charge is 2.18. The van der Waals surface area contributed by atoms with E-state index < -0.39 is 0 Å². The van der Waals surface area contributed by atoms with E-state index in [9.17, 15) is 4.79 Å².